The van der Waals surface area contributed by atoms with Crippen LogP contribution < -0.4 is 0 Å². The summed E-state index contributed by atoms with van der Waals surface area (Å²) in [6.45, 7) is 17.5. The summed E-state index contributed by atoms with van der Waals surface area (Å²) in [5.41, 5.74) is 14.1. The fourth-order valence-corrected chi connectivity index (χ4v) is 4.91. The molecule has 0 aliphatic rings. The molecule has 2 aromatic carbocycles. The summed E-state index contributed by atoms with van der Waals surface area (Å²) >= 11 is 0. The summed E-state index contributed by atoms with van der Waals surface area (Å²) in [7, 11) is 0. The molecule has 0 fully saturated rings. The molecular formula is C29H31N3. The Morgan fingerprint density at radius 1 is 0.688 bits per heavy atom. The molecule has 0 radical (unpaired) electrons. The highest BCUT2D eigenvalue weighted by atomic mass is 15.0. The van der Waals surface area contributed by atoms with Crippen LogP contribution in [0.3, 0.4) is 0 Å². The molecule has 0 atom stereocenters. The zero-order chi connectivity index (χ0) is 22.9. The first kappa shape index (κ1) is 20.7. The molecule has 0 aliphatic heterocycles. The molecule has 3 aromatic heterocycles. The number of fused-ring (bicyclic) bond motifs is 5. The lowest BCUT2D eigenvalue weighted by molar-refractivity contribution is 0.571. The van der Waals surface area contributed by atoms with Gasteiger partial charge in [-0.1, -0.05) is 38.5 Å². The lowest BCUT2D eigenvalue weighted by atomic mass is 9.91. The molecule has 5 rings (SSSR count). The van der Waals surface area contributed by atoms with E-state index in [2.05, 4.69) is 102 Å². The van der Waals surface area contributed by atoms with Crippen LogP contribution >= 0.6 is 0 Å². The van der Waals surface area contributed by atoms with E-state index in [4.69, 9.17) is 9.97 Å². The van der Waals surface area contributed by atoms with E-state index in [1.807, 2.05) is 0 Å². The molecule has 0 unspecified atom stereocenters. The van der Waals surface area contributed by atoms with Crippen LogP contribution in [0.4, 0.5) is 0 Å². The fraction of sp³-hybridized carbons (Fsp3) is 0.310. The number of aromatic nitrogens is 3. The quantitative estimate of drug-likeness (QED) is 0.280. The van der Waals surface area contributed by atoms with Gasteiger partial charge in [-0.15, -0.1) is 0 Å². The van der Waals surface area contributed by atoms with E-state index in [1.54, 1.807) is 0 Å². The third-order valence-electron chi connectivity index (χ3n) is 6.65. The van der Waals surface area contributed by atoms with E-state index >= 15 is 0 Å². The summed E-state index contributed by atoms with van der Waals surface area (Å²) in [5, 5.41) is 1.09. The maximum absolute atomic E-state index is 5.12. The van der Waals surface area contributed by atoms with Gasteiger partial charge in [-0.25, -0.2) is 4.98 Å². The summed E-state index contributed by atoms with van der Waals surface area (Å²) in [6, 6.07) is 15.6. The van der Waals surface area contributed by atoms with Gasteiger partial charge in [0.2, 0.25) is 0 Å². The van der Waals surface area contributed by atoms with Crippen molar-refractivity contribution in [3.63, 3.8) is 0 Å². The van der Waals surface area contributed by atoms with Crippen molar-refractivity contribution in [3.05, 3.63) is 76.0 Å². The van der Waals surface area contributed by atoms with Gasteiger partial charge >= 0.3 is 0 Å². The Kier molecular flexibility index (Phi) is 4.46. The number of rotatable bonds is 1. The second-order valence-electron chi connectivity index (χ2n) is 10.4. The molecule has 162 valence electrons. The molecule has 0 spiro atoms. The molecular weight excluding hydrogens is 390 g/mol. The number of hydrogen-bond acceptors (Lipinski definition) is 2. The Labute approximate surface area is 190 Å². The number of nitrogens with zero attached hydrogens (tertiary/aromatic N) is 3. The van der Waals surface area contributed by atoms with Crippen LogP contribution in [0, 0.1) is 34.6 Å². The highest BCUT2D eigenvalue weighted by Gasteiger charge is 2.20. The topological polar surface area (TPSA) is 30.2 Å². The molecule has 0 aliphatic carbocycles. The largest absolute Gasteiger partial charge is 0.292 e. The van der Waals surface area contributed by atoms with E-state index in [1.165, 1.54) is 33.4 Å². The van der Waals surface area contributed by atoms with E-state index in [0.717, 1.165) is 39.0 Å². The minimum absolute atomic E-state index is 0.00939. The molecule has 0 amide bonds. The molecule has 3 nitrogen and oxygen atoms in total. The molecule has 0 saturated carbocycles. The molecule has 32 heavy (non-hydrogen) atoms. The monoisotopic (exact) mass is 421 g/mol. The number of hydrogen-bond donors (Lipinski definition) is 0. The van der Waals surface area contributed by atoms with E-state index < -0.39 is 0 Å². The minimum Gasteiger partial charge on any atom is -0.292 e. The van der Waals surface area contributed by atoms with Crippen LogP contribution in [0.5, 0.6) is 0 Å². The van der Waals surface area contributed by atoms with Crippen molar-refractivity contribution in [2.45, 2.75) is 60.8 Å². The lowest BCUT2D eigenvalue weighted by Gasteiger charge is -2.19. The van der Waals surface area contributed by atoms with Crippen LogP contribution in [-0.2, 0) is 5.41 Å². The van der Waals surface area contributed by atoms with Gasteiger partial charge in [0.1, 0.15) is 5.65 Å². The van der Waals surface area contributed by atoms with E-state index in [9.17, 15) is 0 Å². The summed E-state index contributed by atoms with van der Waals surface area (Å²) in [6.07, 6.45) is 0. The maximum atomic E-state index is 5.12. The van der Waals surface area contributed by atoms with Gasteiger partial charge in [-0.3, -0.25) is 9.38 Å². The van der Waals surface area contributed by atoms with Crippen LogP contribution in [0.25, 0.3) is 38.8 Å². The lowest BCUT2D eigenvalue weighted by Crippen LogP contribution is -2.13. The Balaban J connectivity index is 2.01. The van der Waals surface area contributed by atoms with E-state index in [0.29, 0.717) is 0 Å². The van der Waals surface area contributed by atoms with Gasteiger partial charge in [0.05, 0.1) is 22.2 Å². The minimum atomic E-state index is -0.00939. The third kappa shape index (κ3) is 3.10. The van der Waals surface area contributed by atoms with Crippen molar-refractivity contribution in [1.82, 2.24) is 14.4 Å². The SMILES string of the molecule is Cc1cc(C)c(-c2cc3nc(C(C)(C)C)ccc3c3nc4cc(C)c(C)cc4n23)c(C)c1. The number of benzene rings is 2. The molecule has 0 saturated heterocycles. The predicted molar refractivity (Wildman–Crippen MR) is 136 cm³/mol. The maximum Gasteiger partial charge on any atom is 0.147 e. The Morgan fingerprint density at radius 3 is 2.00 bits per heavy atom. The average molecular weight is 422 g/mol. The van der Waals surface area contributed by atoms with Crippen molar-refractivity contribution < 1.29 is 0 Å². The van der Waals surface area contributed by atoms with Crippen molar-refractivity contribution in [3.8, 4) is 11.3 Å². The Hall–Kier alpha value is -3.20. The van der Waals surface area contributed by atoms with Crippen molar-refractivity contribution in [1.29, 1.82) is 0 Å². The van der Waals surface area contributed by atoms with Gasteiger partial charge < -0.3 is 0 Å². The fourth-order valence-electron chi connectivity index (χ4n) is 4.91. The third-order valence-corrected chi connectivity index (χ3v) is 6.65. The number of imidazole rings is 1. The summed E-state index contributed by atoms with van der Waals surface area (Å²) in [5.74, 6) is 0. The zero-order valence-electron chi connectivity index (χ0n) is 20.4. The first-order valence-corrected chi connectivity index (χ1v) is 11.4. The van der Waals surface area contributed by atoms with Gasteiger partial charge in [0.15, 0.2) is 0 Å². The molecule has 5 aromatic rings. The number of aryl methyl sites for hydroxylation is 5. The molecule has 0 N–H and O–H groups in total. The average Bonchev–Trinajstić information content (AvgIpc) is 3.05. The normalized spacial score (nSPS) is 12.4. The first-order valence-electron chi connectivity index (χ1n) is 11.4. The first-order chi connectivity index (χ1) is 15.0. The summed E-state index contributed by atoms with van der Waals surface area (Å²) in [4.78, 5) is 10.2. The van der Waals surface area contributed by atoms with Crippen LogP contribution in [0.15, 0.2) is 42.5 Å². The Bertz CT molecular complexity index is 1520. The van der Waals surface area contributed by atoms with Crippen LogP contribution in [0.2, 0.25) is 0 Å². The smallest absolute Gasteiger partial charge is 0.147 e. The van der Waals surface area contributed by atoms with Crippen molar-refractivity contribution in [2.24, 2.45) is 0 Å². The standard InChI is InChI=1S/C29H31N3/c1-16-11-19(4)27(20(5)12-16)25-15-22-21(9-10-26(30-22)29(6,7)8)28-31-23-13-17(2)18(3)14-24(23)32(25)28/h9-15H,1-8H3. The van der Waals surface area contributed by atoms with Gasteiger partial charge in [-0.2, -0.15) is 0 Å². The van der Waals surface area contributed by atoms with Gasteiger partial charge in [0, 0.05) is 22.1 Å². The Morgan fingerprint density at radius 2 is 1.34 bits per heavy atom. The second kappa shape index (κ2) is 6.90. The van der Waals surface area contributed by atoms with Gasteiger partial charge in [-0.05, 0) is 87.2 Å². The van der Waals surface area contributed by atoms with E-state index in [-0.39, 0.29) is 5.41 Å². The molecule has 3 heterocycles. The zero-order valence-corrected chi connectivity index (χ0v) is 20.4. The number of pyridine rings is 2. The van der Waals surface area contributed by atoms with Crippen molar-refractivity contribution >= 4 is 27.6 Å². The second-order valence-corrected chi connectivity index (χ2v) is 10.4. The molecule has 3 heteroatoms. The van der Waals surface area contributed by atoms with Crippen molar-refractivity contribution in [2.75, 3.05) is 0 Å². The predicted octanol–water partition coefficient (Wildman–Crippen LogP) is 7.54. The van der Waals surface area contributed by atoms with Crippen LogP contribution in [0.1, 0.15) is 54.3 Å². The highest BCUT2D eigenvalue weighted by molar-refractivity contribution is 6.00. The van der Waals surface area contributed by atoms with Crippen LogP contribution in [-0.4, -0.2) is 14.4 Å². The summed E-state index contributed by atoms with van der Waals surface area (Å²) < 4.78 is 2.34. The van der Waals surface area contributed by atoms with Gasteiger partial charge in [0.25, 0.3) is 0 Å². The highest BCUT2D eigenvalue weighted by Crippen LogP contribution is 2.36. The molecule has 0 bridgehead atoms.